The molecule has 0 aliphatic rings. The molecule has 0 aliphatic carbocycles. The van der Waals surface area contributed by atoms with Crippen LogP contribution in [0.5, 0.6) is 5.75 Å². The lowest BCUT2D eigenvalue weighted by Gasteiger charge is -2.06. The van der Waals surface area contributed by atoms with Crippen LogP contribution in [0.1, 0.15) is 0 Å². The van der Waals surface area contributed by atoms with Crippen molar-refractivity contribution >= 4 is 15.9 Å². The zero-order valence-corrected chi connectivity index (χ0v) is 8.43. The fourth-order valence-corrected chi connectivity index (χ4v) is 1.13. The second-order valence-corrected chi connectivity index (χ2v) is 3.05. The van der Waals surface area contributed by atoms with Gasteiger partial charge in [0.2, 0.25) is 0 Å². The van der Waals surface area contributed by atoms with Gasteiger partial charge in [-0.05, 0) is 34.1 Å². The molecule has 0 fully saturated rings. The minimum Gasteiger partial charge on any atom is -0.490 e. The van der Waals surface area contributed by atoms with Crippen molar-refractivity contribution in [1.82, 2.24) is 0 Å². The summed E-state index contributed by atoms with van der Waals surface area (Å²) in [7, 11) is 1.65. The quantitative estimate of drug-likeness (QED) is 0.738. The Bertz CT molecular complexity index is 238. The maximum Gasteiger partial charge on any atom is 0.133 e. The topological polar surface area (TPSA) is 18.5 Å². The normalized spacial score (nSPS) is 9.83. The van der Waals surface area contributed by atoms with E-state index in [2.05, 4.69) is 22.0 Å². The zero-order chi connectivity index (χ0) is 8.81. The summed E-state index contributed by atoms with van der Waals surface area (Å²) in [5.74, 6) is 0.825. The molecule has 0 heterocycles. The van der Waals surface area contributed by atoms with Crippen molar-refractivity contribution in [2.24, 2.45) is 0 Å². The highest BCUT2D eigenvalue weighted by atomic mass is 79.9. The van der Waals surface area contributed by atoms with Crippen molar-refractivity contribution in [2.45, 2.75) is 0 Å². The average molecular weight is 230 g/mol. The molecule has 0 saturated heterocycles. The van der Waals surface area contributed by atoms with Crippen molar-refractivity contribution in [3.63, 3.8) is 0 Å². The summed E-state index contributed by atoms with van der Waals surface area (Å²) in [6.07, 6.45) is 0. The predicted octanol–water partition coefficient (Wildman–Crippen LogP) is 2.27. The molecule has 65 valence electrons. The van der Waals surface area contributed by atoms with Gasteiger partial charge < -0.3 is 9.47 Å². The van der Waals surface area contributed by atoms with E-state index < -0.39 is 0 Å². The smallest absolute Gasteiger partial charge is 0.133 e. The first-order valence-corrected chi connectivity index (χ1v) is 4.41. The highest BCUT2D eigenvalue weighted by molar-refractivity contribution is 9.10. The number of rotatable bonds is 4. The van der Waals surface area contributed by atoms with Crippen LogP contribution in [-0.2, 0) is 4.74 Å². The van der Waals surface area contributed by atoms with Gasteiger partial charge in [-0.2, -0.15) is 0 Å². The summed E-state index contributed by atoms with van der Waals surface area (Å²) < 4.78 is 11.2. The van der Waals surface area contributed by atoms with Gasteiger partial charge in [0.25, 0.3) is 0 Å². The fourth-order valence-electron chi connectivity index (χ4n) is 0.748. The van der Waals surface area contributed by atoms with Gasteiger partial charge in [0.15, 0.2) is 0 Å². The highest BCUT2D eigenvalue weighted by Crippen LogP contribution is 2.23. The SMILES string of the molecule is COCCOc1cc[c]cc1Br. The van der Waals surface area contributed by atoms with Crippen molar-refractivity contribution in [3.05, 3.63) is 28.7 Å². The van der Waals surface area contributed by atoms with Gasteiger partial charge in [0, 0.05) is 7.11 Å². The summed E-state index contributed by atoms with van der Waals surface area (Å²) in [5.41, 5.74) is 0. The molecule has 1 rings (SSSR count). The number of halogens is 1. The minimum absolute atomic E-state index is 0.569. The van der Waals surface area contributed by atoms with E-state index in [1.54, 1.807) is 7.11 Å². The molecule has 0 spiro atoms. The second kappa shape index (κ2) is 5.17. The number of hydrogen-bond acceptors (Lipinski definition) is 2. The van der Waals surface area contributed by atoms with Crippen LogP contribution in [0.2, 0.25) is 0 Å². The van der Waals surface area contributed by atoms with Gasteiger partial charge in [-0.25, -0.2) is 0 Å². The maximum atomic E-state index is 5.39. The molecular weight excluding hydrogens is 220 g/mol. The number of benzene rings is 1. The average Bonchev–Trinajstić information content (AvgIpc) is 2.09. The van der Waals surface area contributed by atoms with Gasteiger partial charge in [-0.1, -0.05) is 6.07 Å². The van der Waals surface area contributed by atoms with Gasteiger partial charge in [0.1, 0.15) is 12.4 Å². The van der Waals surface area contributed by atoms with E-state index in [-0.39, 0.29) is 0 Å². The van der Waals surface area contributed by atoms with E-state index in [0.29, 0.717) is 13.2 Å². The predicted molar refractivity (Wildman–Crippen MR) is 50.3 cm³/mol. The molecule has 0 aliphatic heterocycles. The van der Waals surface area contributed by atoms with Crippen LogP contribution in [0.25, 0.3) is 0 Å². The van der Waals surface area contributed by atoms with Crippen LogP contribution in [0.3, 0.4) is 0 Å². The fraction of sp³-hybridized carbons (Fsp3) is 0.333. The van der Waals surface area contributed by atoms with Crippen molar-refractivity contribution in [2.75, 3.05) is 20.3 Å². The Morgan fingerprint density at radius 3 is 3.00 bits per heavy atom. The molecule has 3 heteroatoms. The molecule has 1 aromatic rings. The Morgan fingerprint density at radius 1 is 1.50 bits per heavy atom. The molecule has 0 aromatic heterocycles. The molecule has 2 nitrogen and oxygen atoms in total. The Hall–Kier alpha value is -0.540. The van der Waals surface area contributed by atoms with Gasteiger partial charge in [-0.3, -0.25) is 0 Å². The molecule has 12 heavy (non-hydrogen) atoms. The van der Waals surface area contributed by atoms with Crippen molar-refractivity contribution in [3.8, 4) is 5.75 Å². The van der Waals surface area contributed by atoms with E-state index in [1.165, 1.54) is 0 Å². The number of hydrogen-bond donors (Lipinski definition) is 0. The van der Waals surface area contributed by atoms with E-state index in [1.807, 2.05) is 18.2 Å². The van der Waals surface area contributed by atoms with E-state index in [4.69, 9.17) is 9.47 Å². The first kappa shape index (κ1) is 9.55. The summed E-state index contributed by atoms with van der Waals surface area (Å²) in [6.45, 7) is 1.17. The third-order valence-electron chi connectivity index (χ3n) is 1.32. The Balaban J connectivity index is 2.46. The lowest BCUT2D eigenvalue weighted by Crippen LogP contribution is -2.04. The van der Waals surface area contributed by atoms with Crippen LogP contribution >= 0.6 is 15.9 Å². The molecule has 0 amide bonds. The lowest BCUT2D eigenvalue weighted by molar-refractivity contribution is 0.146. The molecule has 0 saturated carbocycles. The number of ether oxygens (including phenoxy) is 2. The molecule has 0 N–H and O–H groups in total. The Kier molecular flexibility index (Phi) is 4.11. The largest absolute Gasteiger partial charge is 0.490 e. The van der Waals surface area contributed by atoms with E-state index in [9.17, 15) is 0 Å². The third kappa shape index (κ3) is 2.83. The lowest BCUT2D eigenvalue weighted by atomic mass is 10.3. The summed E-state index contributed by atoms with van der Waals surface area (Å²) in [4.78, 5) is 0. The second-order valence-electron chi connectivity index (χ2n) is 2.20. The molecule has 1 radical (unpaired) electrons. The molecule has 0 unspecified atom stereocenters. The van der Waals surface area contributed by atoms with Crippen molar-refractivity contribution in [1.29, 1.82) is 0 Å². The van der Waals surface area contributed by atoms with Crippen LogP contribution in [0, 0.1) is 6.07 Å². The van der Waals surface area contributed by atoms with Crippen LogP contribution in [0.4, 0.5) is 0 Å². The third-order valence-corrected chi connectivity index (χ3v) is 1.94. The van der Waals surface area contributed by atoms with Gasteiger partial charge >= 0.3 is 0 Å². The van der Waals surface area contributed by atoms with E-state index in [0.717, 1.165) is 10.2 Å². The van der Waals surface area contributed by atoms with Crippen molar-refractivity contribution < 1.29 is 9.47 Å². The molecular formula is C9H10BrO2. The van der Waals surface area contributed by atoms with Crippen LogP contribution in [-0.4, -0.2) is 20.3 Å². The van der Waals surface area contributed by atoms with Gasteiger partial charge in [-0.15, -0.1) is 0 Å². The molecule has 0 bridgehead atoms. The Labute approximate surface area is 80.6 Å². The monoisotopic (exact) mass is 229 g/mol. The first-order chi connectivity index (χ1) is 5.84. The zero-order valence-electron chi connectivity index (χ0n) is 6.84. The van der Waals surface area contributed by atoms with Crippen LogP contribution < -0.4 is 4.74 Å². The summed E-state index contributed by atoms with van der Waals surface area (Å²) in [6, 6.07) is 8.43. The maximum absolute atomic E-state index is 5.39. The minimum atomic E-state index is 0.569. The van der Waals surface area contributed by atoms with Crippen LogP contribution in [0.15, 0.2) is 22.7 Å². The van der Waals surface area contributed by atoms with Gasteiger partial charge in [0.05, 0.1) is 11.1 Å². The highest BCUT2D eigenvalue weighted by Gasteiger charge is 1.97. The standard InChI is InChI=1S/C9H10BrO2/c1-11-6-7-12-9-5-3-2-4-8(9)10/h3-5H,6-7H2,1H3. The summed E-state index contributed by atoms with van der Waals surface area (Å²) in [5, 5.41) is 0. The molecule has 0 atom stereocenters. The van der Waals surface area contributed by atoms with E-state index >= 15 is 0 Å². The number of methoxy groups -OCH3 is 1. The molecule has 1 aromatic carbocycles. The first-order valence-electron chi connectivity index (χ1n) is 3.62. The summed E-state index contributed by atoms with van der Waals surface area (Å²) >= 11 is 3.35. The Morgan fingerprint density at radius 2 is 2.33 bits per heavy atom.